The fourth-order valence-electron chi connectivity index (χ4n) is 0.807. The molecular formula is C10H7BrClNO. The van der Waals surface area contributed by atoms with Crippen LogP contribution in [0.3, 0.4) is 0 Å². The molecule has 1 aromatic carbocycles. The number of hydrogen-bond donors (Lipinski definition) is 1. The highest BCUT2D eigenvalue weighted by Gasteiger charge is 1.96. The summed E-state index contributed by atoms with van der Waals surface area (Å²) in [5.74, 6) is 5.04. The Labute approximate surface area is 95.6 Å². The van der Waals surface area contributed by atoms with Crippen LogP contribution in [0.15, 0.2) is 22.7 Å². The van der Waals surface area contributed by atoms with E-state index in [-0.39, 0.29) is 6.42 Å². The molecule has 0 bridgehead atoms. The number of carbonyl (C=O) groups is 1. The zero-order valence-electron chi connectivity index (χ0n) is 7.18. The maximum Gasteiger partial charge on any atom is 0.229 e. The normalized spacial score (nSPS) is 9.00. The van der Waals surface area contributed by atoms with Crippen LogP contribution in [0.2, 0.25) is 5.02 Å². The number of carbonyl (C=O) groups excluding carboxylic acids is 1. The molecule has 2 nitrogen and oxygen atoms in total. The zero-order chi connectivity index (χ0) is 10.6. The van der Waals surface area contributed by atoms with E-state index in [4.69, 9.17) is 17.3 Å². The number of rotatable bonds is 1. The van der Waals surface area contributed by atoms with Crippen molar-refractivity contribution < 1.29 is 4.79 Å². The Balaban J connectivity index is 2.81. The summed E-state index contributed by atoms with van der Waals surface area (Å²) in [6, 6.07) is 5.30. The molecule has 1 aromatic rings. The first-order chi connectivity index (χ1) is 6.59. The van der Waals surface area contributed by atoms with E-state index in [2.05, 4.69) is 27.8 Å². The van der Waals surface area contributed by atoms with Crippen LogP contribution >= 0.6 is 27.5 Å². The van der Waals surface area contributed by atoms with E-state index >= 15 is 0 Å². The first kappa shape index (κ1) is 11.1. The molecule has 0 aromatic heterocycles. The maximum absolute atomic E-state index is 10.4. The quantitative estimate of drug-likeness (QED) is 0.784. The number of hydrogen-bond acceptors (Lipinski definition) is 1. The van der Waals surface area contributed by atoms with Crippen LogP contribution in [-0.2, 0) is 4.79 Å². The molecule has 0 fully saturated rings. The van der Waals surface area contributed by atoms with Gasteiger partial charge in [-0.3, -0.25) is 4.79 Å². The summed E-state index contributed by atoms with van der Waals surface area (Å²) in [6.45, 7) is 0. The molecule has 0 spiro atoms. The second-order valence-electron chi connectivity index (χ2n) is 2.57. The SMILES string of the molecule is NC(=O)CC#Cc1ccc(Cl)c(Br)c1. The third-order valence-corrected chi connectivity index (χ3v) is 2.63. The van der Waals surface area contributed by atoms with Crippen LogP contribution in [0, 0.1) is 11.8 Å². The van der Waals surface area contributed by atoms with Crippen LogP contribution in [-0.4, -0.2) is 5.91 Å². The van der Waals surface area contributed by atoms with Crippen molar-refractivity contribution in [3.05, 3.63) is 33.3 Å². The lowest BCUT2D eigenvalue weighted by molar-refractivity contribution is -0.117. The number of amides is 1. The Bertz CT molecular complexity index is 420. The van der Waals surface area contributed by atoms with Crippen LogP contribution in [0.25, 0.3) is 0 Å². The van der Waals surface area contributed by atoms with Crippen molar-refractivity contribution in [1.82, 2.24) is 0 Å². The summed E-state index contributed by atoms with van der Waals surface area (Å²) in [4.78, 5) is 10.4. The van der Waals surface area contributed by atoms with E-state index in [0.717, 1.165) is 10.0 Å². The first-order valence-corrected chi connectivity index (χ1v) is 4.99. The minimum absolute atomic E-state index is 0.0697. The Morgan fingerprint density at radius 2 is 2.29 bits per heavy atom. The topological polar surface area (TPSA) is 43.1 Å². The third-order valence-electron chi connectivity index (χ3n) is 1.41. The van der Waals surface area contributed by atoms with Crippen LogP contribution in [0.1, 0.15) is 12.0 Å². The van der Waals surface area contributed by atoms with Crippen molar-refractivity contribution >= 4 is 33.4 Å². The average molecular weight is 273 g/mol. The molecule has 0 atom stereocenters. The van der Waals surface area contributed by atoms with Gasteiger partial charge < -0.3 is 5.73 Å². The van der Waals surface area contributed by atoms with Gasteiger partial charge in [0.15, 0.2) is 0 Å². The largest absolute Gasteiger partial charge is 0.369 e. The van der Waals surface area contributed by atoms with E-state index in [1.807, 2.05) is 0 Å². The van der Waals surface area contributed by atoms with Crippen molar-refractivity contribution in [3.63, 3.8) is 0 Å². The maximum atomic E-state index is 10.4. The summed E-state index contributed by atoms with van der Waals surface area (Å²) in [7, 11) is 0. The molecule has 0 radical (unpaired) electrons. The van der Waals surface area contributed by atoms with Crippen LogP contribution in [0.4, 0.5) is 0 Å². The molecule has 0 unspecified atom stereocenters. The fraction of sp³-hybridized carbons (Fsp3) is 0.100. The van der Waals surface area contributed by atoms with Gasteiger partial charge in [0.25, 0.3) is 0 Å². The molecule has 72 valence electrons. The molecular weight excluding hydrogens is 265 g/mol. The van der Waals surface area contributed by atoms with E-state index in [9.17, 15) is 4.79 Å². The fourth-order valence-corrected chi connectivity index (χ4v) is 1.30. The third kappa shape index (κ3) is 3.41. The lowest BCUT2D eigenvalue weighted by Gasteiger charge is -1.95. The van der Waals surface area contributed by atoms with Gasteiger partial charge in [0.2, 0.25) is 5.91 Å². The Hall–Kier alpha value is -0.980. The summed E-state index contributed by atoms with van der Waals surface area (Å²) < 4.78 is 0.782. The number of halogens is 2. The van der Waals surface area contributed by atoms with Gasteiger partial charge in [-0.05, 0) is 34.1 Å². The summed E-state index contributed by atoms with van der Waals surface area (Å²) in [6.07, 6.45) is 0.0697. The second kappa shape index (κ2) is 5.04. The second-order valence-corrected chi connectivity index (χ2v) is 3.84. The molecule has 0 aliphatic carbocycles. The molecule has 2 N–H and O–H groups in total. The van der Waals surface area contributed by atoms with Crippen LogP contribution in [0.5, 0.6) is 0 Å². The van der Waals surface area contributed by atoms with Gasteiger partial charge in [0, 0.05) is 10.0 Å². The van der Waals surface area contributed by atoms with Gasteiger partial charge in [-0.15, -0.1) is 0 Å². The van der Waals surface area contributed by atoms with Gasteiger partial charge in [0.1, 0.15) is 0 Å². The standard InChI is InChI=1S/C10H7BrClNO/c11-8-6-7(4-5-9(8)12)2-1-3-10(13)14/h4-6H,3H2,(H2,13,14). The Morgan fingerprint density at radius 1 is 1.57 bits per heavy atom. The van der Waals surface area contributed by atoms with Crippen LogP contribution < -0.4 is 5.73 Å². The molecule has 0 saturated heterocycles. The van der Waals surface area contributed by atoms with E-state index < -0.39 is 5.91 Å². The molecule has 0 aliphatic rings. The van der Waals surface area contributed by atoms with E-state index in [1.165, 1.54) is 0 Å². The Kier molecular flexibility index (Phi) is 3.99. The van der Waals surface area contributed by atoms with E-state index in [1.54, 1.807) is 18.2 Å². The van der Waals surface area contributed by atoms with Crippen molar-refractivity contribution in [2.75, 3.05) is 0 Å². The summed E-state index contributed by atoms with van der Waals surface area (Å²) in [5, 5.41) is 0.630. The van der Waals surface area contributed by atoms with Gasteiger partial charge in [0.05, 0.1) is 11.4 Å². The molecule has 4 heteroatoms. The van der Waals surface area contributed by atoms with Gasteiger partial charge in [-0.2, -0.15) is 0 Å². The lowest BCUT2D eigenvalue weighted by Crippen LogP contribution is -2.08. The lowest BCUT2D eigenvalue weighted by atomic mass is 10.2. The first-order valence-electron chi connectivity index (χ1n) is 3.82. The highest BCUT2D eigenvalue weighted by molar-refractivity contribution is 9.10. The molecule has 14 heavy (non-hydrogen) atoms. The highest BCUT2D eigenvalue weighted by Crippen LogP contribution is 2.22. The summed E-state index contributed by atoms with van der Waals surface area (Å²) >= 11 is 9.07. The molecule has 1 amide bonds. The number of benzene rings is 1. The van der Waals surface area contributed by atoms with Gasteiger partial charge in [-0.1, -0.05) is 23.4 Å². The summed E-state index contributed by atoms with van der Waals surface area (Å²) in [5.41, 5.74) is 5.73. The predicted molar refractivity (Wildman–Crippen MR) is 59.8 cm³/mol. The van der Waals surface area contributed by atoms with Crippen molar-refractivity contribution in [3.8, 4) is 11.8 Å². The van der Waals surface area contributed by atoms with Crippen molar-refractivity contribution in [2.24, 2.45) is 5.73 Å². The molecule has 0 aliphatic heterocycles. The highest BCUT2D eigenvalue weighted by atomic mass is 79.9. The Morgan fingerprint density at radius 3 is 2.86 bits per heavy atom. The molecule has 0 saturated carbocycles. The zero-order valence-corrected chi connectivity index (χ0v) is 9.52. The number of nitrogens with two attached hydrogens (primary N) is 1. The van der Waals surface area contributed by atoms with E-state index in [0.29, 0.717) is 5.02 Å². The van der Waals surface area contributed by atoms with Crippen molar-refractivity contribution in [1.29, 1.82) is 0 Å². The predicted octanol–water partition coefficient (Wildman–Crippen LogP) is 2.33. The smallest absolute Gasteiger partial charge is 0.229 e. The van der Waals surface area contributed by atoms with Gasteiger partial charge >= 0.3 is 0 Å². The average Bonchev–Trinajstić information content (AvgIpc) is 2.10. The van der Waals surface area contributed by atoms with Crippen molar-refractivity contribution in [2.45, 2.75) is 6.42 Å². The van der Waals surface area contributed by atoms with Gasteiger partial charge in [-0.25, -0.2) is 0 Å². The molecule has 1 rings (SSSR count). The minimum atomic E-state index is -0.425. The molecule has 0 heterocycles. The minimum Gasteiger partial charge on any atom is -0.369 e. The number of primary amides is 1. The monoisotopic (exact) mass is 271 g/mol.